The lowest BCUT2D eigenvalue weighted by molar-refractivity contribution is -0.892. The Morgan fingerprint density at radius 3 is 2.32 bits per heavy atom. The zero-order valence-electron chi connectivity index (χ0n) is 17.3. The van der Waals surface area contributed by atoms with E-state index in [0.717, 1.165) is 44.4 Å². The molecule has 0 aromatic heterocycles. The molecular formula is C23H33ClN2O2. The van der Waals surface area contributed by atoms with E-state index in [4.69, 9.17) is 9.47 Å². The lowest BCUT2D eigenvalue weighted by Crippen LogP contribution is -3.11. The molecule has 2 aromatic rings. The molecule has 1 saturated heterocycles. The van der Waals surface area contributed by atoms with E-state index in [1.807, 2.05) is 31.2 Å². The maximum atomic E-state index is 5.98. The minimum Gasteiger partial charge on any atom is -1.00 e. The van der Waals surface area contributed by atoms with Gasteiger partial charge in [0.15, 0.2) is 11.5 Å². The van der Waals surface area contributed by atoms with Crippen molar-refractivity contribution in [3.63, 3.8) is 0 Å². The molecule has 2 aromatic carbocycles. The summed E-state index contributed by atoms with van der Waals surface area (Å²) in [6.07, 6.45) is 0. The van der Waals surface area contributed by atoms with Crippen LogP contribution in [-0.2, 0) is 6.54 Å². The number of nitrogens with zero attached hydrogens (tertiary/aromatic N) is 1. The fraction of sp³-hybridized carbons (Fsp3) is 0.478. The Labute approximate surface area is 175 Å². The topological polar surface area (TPSA) is 26.1 Å². The standard InChI is InChI=1S/C23H32N2O2.ClH/c1-4-26-22-7-5-6-8-23(22)27-16-15-24-13-14-25(18-24)17-20-9-11-21(12-10-20)19(2)3;/h5-12,19H,4,13-18H2,1-3H3;1H. The summed E-state index contributed by atoms with van der Waals surface area (Å²) in [7, 11) is 0. The highest BCUT2D eigenvalue weighted by Gasteiger charge is 2.23. The number of hydrogen-bond donors (Lipinski definition) is 1. The van der Waals surface area contributed by atoms with Crippen molar-refractivity contribution in [3.05, 3.63) is 59.7 Å². The Balaban J connectivity index is 0.00000280. The van der Waals surface area contributed by atoms with Crippen molar-refractivity contribution < 1.29 is 26.8 Å². The van der Waals surface area contributed by atoms with Gasteiger partial charge in [0.05, 0.1) is 19.7 Å². The molecule has 0 spiro atoms. The van der Waals surface area contributed by atoms with Gasteiger partial charge in [-0.05, 0) is 36.1 Å². The first-order valence-corrected chi connectivity index (χ1v) is 10.1. The minimum absolute atomic E-state index is 0. The average molecular weight is 405 g/mol. The van der Waals surface area contributed by atoms with E-state index in [9.17, 15) is 0 Å². The average Bonchev–Trinajstić information content (AvgIpc) is 3.11. The first kappa shape index (κ1) is 22.5. The van der Waals surface area contributed by atoms with Gasteiger partial charge in [0.25, 0.3) is 0 Å². The fourth-order valence-corrected chi connectivity index (χ4v) is 3.55. The van der Waals surface area contributed by atoms with Gasteiger partial charge in [-0.25, -0.2) is 4.90 Å². The third kappa shape index (κ3) is 6.40. The molecule has 1 heterocycles. The summed E-state index contributed by atoms with van der Waals surface area (Å²) in [5.41, 5.74) is 2.82. The van der Waals surface area contributed by atoms with E-state index in [1.165, 1.54) is 17.7 Å². The minimum atomic E-state index is 0. The summed E-state index contributed by atoms with van der Waals surface area (Å²) in [4.78, 5) is 4.12. The number of nitrogens with one attached hydrogen (secondary N) is 1. The van der Waals surface area contributed by atoms with Crippen LogP contribution in [0.4, 0.5) is 0 Å². The van der Waals surface area contributed by atoms with Crippen molar-refractivity contribution in [2.24, 2.45) is 0 Å². The van der Waals surface area contributed by atoms with Crippen LogP contribution >= 0.6 is 0 Å². The van der Waals surface area contributed by atoms with Crippen molar-refractivity contribution >= 4 is 0 Å². The van der Waals surface area contributed by atoms with Crippen LogP contribution < -0.4 is 26.8 Å². The molecule has 4 nitrogen and oxygen atoms in total. The molecule has 154 valence electrons. The zero-order valence-corrected chi connectivity index (χ0v) is 18.0. The maximum Gasteiger partial charge on any atom is 0.161 e. The summed E-state index contributed by atoms with van der Waals surface area (Å²) >= 11 is 0. The van der Waals surface area contributed by atoms with Crippen LogP contribution in [0.2, 0.25) is 0 Å². The maximum absolute atomic E-state index is 5.98. The molecule has 5 heteroatoms. The molecule has 1 fully saturated rings. The molecule has 1 aliphatic heterocycles. The highest BCUT2D eigenvalue weighted by atomic mass is 35.5. The third-order valence-corrected chi connectivity index (χ3v) is 5.14. The summed E-state index contributed by atoms with van der Waals surface area (Å²) in [5, 5.41) is 0. The molecule has 3 rings (SSSR count). The fourth-order valence-electron chi connectivity index (χ4n) is 3.55. The van der Waals surface area contributed by atoms with Crippen LogP contribution in [0.1, 0.15) is 37.8 Å². The Morgan fingerprint density at radius 1 is 1.00 bits per heavy atom. The highest BCUT2D eigenvalue weighted by molar-refractivity contribution is 5.39. The van der Waals surface area contributed by atoms with Gasteiger partial charge >= 0.3 is 0 Å². The van der Waals surface area contributed by atoms with Gasteiger partial charge in [0, 0.05) is 6.54 Å². The predicted octanol–water partition coefficient (Wildman–Crippen LogP) is -0.0503. The number of para-hydroxylation sites is 2. The SMILES string of the molecule is CCOc1ccccc1OCC[NH+]1CCN(Cc2ccc(C(C)C)cc2)C1.[Cl-]. The molecule has 0 aliphatic carbocycles. The van der Waals surface area contributed by atoms with Crippen molar-refractivity contribution in [1.29, 1.82) is 0 Å². The predicted molar refractivity (Wildman–Crippen MR) is 110 cm³/mol. The number of hydrogen-bond acceptors (Lipinski definition) is 3. The molecule has 0 bridgehead atoms. The van der Waals surface area contributed by atoms with Crippen molar-refractivity contribution in [2.75, 3.05) is 39.5 Å². The second-order valence-electron chi connectivity index (χ2n) is 7.59. The Morgan fingerprint density at radius 2 is 1.68 bits per heavy atom. The third-order valence-electron chi connectivity index (χ3n) is 5.14. The van der Waals surface area contributed by atoms with Gasteiger partial charge in [-0.3, -0.25) is 0 Å². The van der Waals surface area contributed by atoms with Gasteiger partial charge < -0.3 is 26.8 Å². The molecule has 1 N–H and O–H groups in total. The van der Waals surface area contributed by atoms with Gasteiger partial charge in [0.2, 0.25) is 0 Å². The Hall–Kier alpha value is -1.75. The van der Waals surface area contributed by atoms with E-state index >= 15 is 0 Å². The normalized spacial score (nSPS) is 16.8. The van der Waals surface area contributed by atoms with Crippen LogP contribution in [0, 0.1) is 0 Å². The van der Waals surface area contributed by atoms with Crippen LogP contribution in [0.3, 0.4) is 0 Å². The number of quaternary nitrogens is 1. The summed E-state index contributed by atoms with van der Waals surface area (Å²) < 4.78 is 11.6. The Kier molecular flexibility index (Phi) is 9.10. The first-order valence-electron chi connectivity index (χ1n) is 10.1. The van der Waals surface area contributed by atoms with Crippen LogP contribution in [0.25, 0.3) is 0 Å². The second-order valence-corrected chi connectivity index (χ2v) is 7.59. The summed E-state index contributed by atoms with van der Waals surface area (Å²) in [6.45, 7) is 13.3. The number of halogens is 1. The van der Waals surface area contributed by atoms with E-state index in [1.54, 1.807) is 4.90 Å². The van der Waals surface area contributed by atoms with Gasteiger partial charge in [0.1, 0.15) is 19.8 Å². The van der Waals surface area contributed by atoms with E-state index in [0.29, 0.717) is 12.5 Å². The zero-order chi connectivity index (χ0) is 19.1. The van der Waals surface area contributed by atoms with E-state index < -0.39 is 0 Å². The van der Waals surface area contributed by atoms with Crippen molar-refractivity contribution in [2.45, 2.75) is 33.2 Å². The molecule has 1 unspecified atom stereocenters. The smallest absolute Gasteiger partial charge is 0.161 e. The summed E-state index contributed by atoms with van der Waals surface area (Å²) in [6, 6.07) is 17.0. The van der Waals surface area contributed by atoms with Gasteiger partial charge in [-0.1, -0.05) is 50.2 Å². The molecule has 1 aliphatic rings. The van der Waals surface area contributed by atoms with Gasteiger partial charge in [-0.15, -0.1) is 0 Å². The van der Waals surface area contributed by atoms with E-state index in [-0.39, 0.29) is 12.4 Å². The van der Waals surface area contributed by atoms with Gasteiger partial charge in [-0.2, -0.15) is 0 Å². The quantitative estimate of drug-likeness (QED) is 0.634. The lowest BCUT2D eigenvalue weighted by atomic mass is 10.0. The number of ether oxygens (including phenoxy) is 2. The van der Waals surface area contributed by atoms with Crippen molar-refractivity contribution in [3.8, 4) is 11.5 Å². The van der Waals surface area contributed by atoms with Crippen LogP contribution in [0.5, 0.6) is 11.5 Å². The molecule has 0 radical (unpaired) electrons. The molecule has 0 amide bonds. The Bertz CT molecular complexity index is 706. The molecular weight excluding hydrogens is 372 g/mol. The van der Waals surface area contributed by atoms with E-state index in [2.05, 4.69) is 43.0 Å². The van der Waals surface area contributed by atoms with Crippen LogP contribution in [0.15, 0.2) is 48.5 Å². The molecule has 28 heavy (non-hydrogen) atoms. The monoisotopic (exact) mass is 404 g/mol. The molecule has 0 saturated carbocycles. The number of rotatable bonds is 9. The lowest BCUT2D eigenvalue weighted by Gasteiger charge is -2.17. The largest absolute Gasteiger partial charge is 1.00 e. The summed E-state index contributed by atoms with van der Waals surface area (Å²) in [5.74, 6) is 2.28. The second kappa shape index (κ2) is 11.3. The van der Waals surface area contributed by atoms with Crippen LogP contribution in [-0.4, -0.2) is 44.4 Å². The molecule has 1 atom stereocenters. The van der Waals surface area contributed by atoms with Crippen molar-refractivity contribution in [1.82, 2.24) is 4.90 Å². The number of benzene rings is 2. The first-order chi connectivity index (χ1) is 13.2. The highest BCUT2D eigenvalue weighted by Crippen LogP contribution is 2.26.